The van der Waals surface area contributed by atoms with Crippen LogP contribution in [0.2, 0.25) is 0 Å². The topological polar surface area (TPSA) is 78.8 Å². The van der Waals surface area contributed by atoms with E-state index in [2.05, 4.69) is 5.32 Å². The van der Waals surface area contributed by atoms with Gasteiger partial charge in [0, 0.05) is 11.6 Å². The number of hydrogen-bond donors (Lipinski definition) is 3. The first-order valence-electron chi connectivity index (χ1n) is 7.13. The molecular weight excluding hydrogens is 270 g/mol. The monoisotopic (exact) mass is 293 g/mol. The number of hydrogen-bond acceptors (Lipinski definition) is 5. The first-order chi connectivity index (χ1) is 9.74. The predicted molar refractivity (Wildman–Crippen MR) is 79.4 cm³/mol. The molecule has 0 bridgehead atoms. The summed E-state index contributed by atoms with van der Waals surface area (Å²) in [6.07, 6.45) is 0.592. The van der Waals surface area contributed by atoms with Gasteiger partial charge in [-0.15, -0.1) is 0 Å². The number of carbonyl (C=O) groups excluding carboxylic acids is 1. The smallest absolute Gasteiger partial charge is 0.341 e. The molecule has 2 atom stereocenters. The number of methoxy groups -OCH3 is 1. The molecule has 2 rings (SSSR count). The third kappa shape index (κ3) is 3.19. The van der Waals surface area contributed by atoms with E-state index in [4.69, 9.17) is 4.74 Å². The minimum absolute atomic E-state index is 0.0764. The molecule has 0 aromatic heterocycles. The van der Waals surface area contributed by atoms with E-state index in [0.717, 1.165) is 0 Å². The molecule has 0 fully saturated rings. The largest absolute Gasteiger partial charge is 0.507 e. The highest BCUT2D eigenvalue weighted by Crippen LogP contribution is 2.36. The highest BCUT2D eigenvalue weighted by atomic mass is 16.5. The minimum Gasteiger partial charge on any atom is -0.507 e. The normalized spacial score (nSPS) is 21.8. The van der Waals surface area contributed by atoms with E-state index < -0.39 is 12.1 Å². The first-order valence-corrected chi connectivity index (χ1v) is 7.13. The van der Waals surface area contributed by atoms with Gasteiger partial charge in [0.1, 0.15) is 11.3 Å². The molecule has 116 valence electrons. The summed E-state index contributed by atoms with van der Waals surface area (Å²) in [5.74, 6) is -0.672. The molecule has 0 spiro atoms. The van der Waals surface area contributed by atoms with Crippen molar-refractivity contribution >= 4 is 5.97 Å². The SMILES string of the molecule is COC(=O)c1c(O)ccc2c1CC[C@H](NC(C)(C)C)[C@H]2O. The third-order valence-corrected chi connectivity index (χ3v) is 3.74. The van der Waals surface area contributed by atoms with Gasteiger partial charge in [0.2, 0.25) is 0 Å². The molecule has 3 N–H and O–H groups in total. The molecule has 0 aliphatic heterocycles. The molecule has 0 saturated heterocycles. The van der Waals surface area contributed by atoms with Crippen LogP contribution in [-0.4, -0.2) is 34.9 Å². The van der Waals surface area contributed by atoms with Crippen LogP contribution in [0.5, 0.6) is 5.75 Å². The number of nitrogens with one attached hydrogen (secondary N) is 1. The molecule has 0 radical (unpaired) electrons. The number of aromatic hydroxyl groups is 1. The lowest BCUT2D eigenvalue weighted by Gasteiger charge is -2.36. The summed E-state index contributed by atoms with van der Waals surface area (Å²) in [6.45, 7) is 6.14. The number of phenols is 1. The standard InChI is InChI=1S/C16H23NO4/c1-16(2,3)17-11-7-5-9-10(14(11)19)6-8-12(18)13(9)15(20)21-4/h6,8,11,14,17-19H,5,7H2,1-4H3/t11-,14-/m0/s1. The van der Waals surface area contributed by atoms with Crippen LogP contribution in [0.4, 0.5) is 0 Å². The van der Waals surface area contributed by atoms with Crippen LogP contribution < -0.4 is 5.32 Å². The lowest BCUT2D eigenvalue weighted by atomic mass is 9.82. The number of ether oxygens (including phenoxy) is 1. The van der Waals surface area contributed by atoms with Gasteiger partial charge in [-0.25, -0.2) is 4.79 Å². The van der Waals surface area contributed by atoms with E-state index in [9.17, 15) is 15.0 Å². The zero-order valence-electron chi connectivity index (χ0n) is 12.9. The number of aliphatic hydroxyl groups excluding tert-OH is 1. The maximum Gasteiger partial charge on any atom is 0.341 e. The van der Waals surface area contributed by atoms with E-state index >= 15 is 0 Å². The van der Waals surface area contributed by atoms with Crippen molar-refractivity contribution in [2.24, 2.45) is 0 Å². The molecule has 0 amide bonds. The van der Waals surface area contributed by atoms with Crippen molar-refractivity contribution in [3.63, 3.8) is 0 Å². The summed E-state index contributed by atoms with van der Waals surface area (Å²) in [4.78, 5) is 11.8. The highest BCUT2D eigenvalue weighted by molar-refractivity contribution is 5.94. The van der Waals surface area contributed by atoms with Crippen molar-refractivity contribution in [2.45, 2.75) is 51.3 Å². The number of aliphatic hydroxyl groups is 1. The molecule has 5 heteroatoms. The molecule has 0 saturated carbocycles. The van der Waals surface area contributed by atoms with Gasteiger partial charge in [0.05, 0.1) is 13.2 Å². The van der Waals surface area contributed by atoms with Gasteiger partial charge < -0.3 is 20.3 Å². The van der Waals surface area contributed by atoms with Crippen LogP contribution in [0.3, 0.4) is 0 Å². The Morgan fingerprint density at radius 3 is 2.62 bits per heavy atom. The number of carbonyl (C=O) groups is 1. The minimum atomic E-state index is -0.711. The Morgan fingerprint density at radius 1 is 1.38 bits per heavy atom. The second-order valence-corrected chi connectivity index (χ2v) is 6.50. The molecule has 5 nitrogen and oxygen atoms in total. The van der Waals surface area contributed by atoms with Crippen molar-refractivity contribution in [1.82, 2.24) is 5.32 Å². The second kappa shape index (κ2) is 5.66. The summed E-state index contributed by atoms with van der Waals surface area (Å²) in [6, 6.07) is 3.04. The lowest BCUT2D eigenvalue weighted by molar-refractivity contribution is 0.0592. The maximum atomic E-state index is 11.8. The third-order valence-electron chi connectivity index (χ3n) is 3.74. The fourth-order valence-corrected chi connectivity index (χ4v) is 2.91. The number of benzene rings is 1. The first kappa shape index (κ1) is 15.8. The van der Waals surface area contributed by atoms with Gasteiger partial charge in [-0.2, -0.15) is 0 Å². The fraction of sp³-hybridized carbons (Fsp3) is 0.562. The Balaban J connectivity index is 2.39. The van der Waals surface area contributed by atoms with Gasteiger partial charge in [-0.3, -0.25) is 0 Å². The Kier molecular flexibility index (Phi) is 4.25. The van der Waals surface area contributed by atoms with E-state index in [1.807, 2.05) is 20.8 Å². The molecule has 21 heavy (non-hydrogen) atoms. The lowest BCUT2D eigenvalue weighted by Crippen LogP contribution is -2.48. The number of phenolic OH excluding ortho intramolecular Hbond substituents is 1. The zero-order chi connectivity index (χ0) is 15.8. The zero-order valence-corrected chi connectivity index (χ0v) is 12.9. The van der Waals surface area contributed by atoms with E-state index in [1.165, 1.54) is 13.2 Å². The Labute approximate surface area is 124 Å². The van der Waals surface area contributed by atoms with Crippen molar-refractivity contribution in [3.05, 3.63) is 28.8 Å². The molecule has 1 aliphatic carbocycles. The van der Waals surface area contributed by atoms with E-state index in [0.29, 0.717) is 24.0 Å². The predicted octanol–water partition coefficient (Wildman–Crippen LogP) is 1.92. The average molecular weight is 293 g/mol. The van der Waals surface area contributed by atoms with Gasteiger partial charge in [0.25, 0.3) is 0 Å². The number of rotatable bonds is 2. The maximum absolute atomic E-state index is 11.8. The Bertz CT molecular complexity index is 548. The highest BCUT2D eigenvalue weighted by Gasteiger charge is 2.33. The summed E-state index contributed by atoms with van der Waals surface area (Å²) in [5, 5.41) is 23.9. The molecule has 1 aliphatic rings. The van der Waals surface area contributed by atoms with E-state index in [-0.39, 0.29) is 22.9 Å². The summed E-state index contributed by atoms with van der Waals surface area (Å²) in [7, 11) is 1.28. The van der Waals surface area contributed by atoms with E-state index in [1.54, 1.807) is 6.07 Å². The quantitative estimate of drug-likeness (QED) is 0.726. The fourth-order valence-electron chi connectivity index (χ4n) is 2.91. The molecule has 0 heterocycles. The average Bonchev–Trinajstić information content (AvgIpc) is 2.39. The Hall–Kier alpha value is -1.59. The summed E-state index contributed by atoms with van der Waals surface area (Å²) in [5.41, 5.74) is 1.43. The summed E-state index contributed by atoms with van der Waals surface area (Å²) < 4.78 is 4.73. The van der Waals surface area contributed by atoms with Crippen LogP contribution in [-0.2, 0) is 11.2 Å². The molecular formula is C16H23NO4. The van der Waals surface area contributed by atoms with Crippen molar-refractivity contribution in [2.75, 3.05) is 7.11 Å². The van der Waals surface area contributed by atoms with Crippen molar-refractivity contribution in [3.8, 4) is 5.75 Å². The number of esters is 1. The molecule has 1 aromatic carbocycles. The molecule has 0 unspecified atom stereocenters. The van der Waals surface area contributed by atoms with Crippen molar-refractivity contribution < 1.29 is 19.7 Å². The van der Waals surface area contributed by atoms with Crippen molar-refractivity contribution in [1.29, 1.82) is 0 Å². The van der Waals surface area contributed by atoms with Crippen LogP contribution in [0.15, 0.2) is 12.1 Å². The molecule has 1 aromatic rings. The van der Waals surface area contributed by atoms with Gasteiger partial charge >= 0.3 is 5.97 Å². The van der Waals surface area contributed by atoms with Crippen LogP contribution in [0.25, 0.3) is 0 Å². The van der Waals surface area contributed by atoms with Crippen LogP contribution in [0, 0.1) is 0 Å². The van der Waals surface area contributed by atoms with Gasteiger partial charge in [0.15, 0.2) is 0 Å². The van der Waals surface area contributed by atoms with Gasteiger partial charge in [-0.05, 0) is 50.8 Å². The van der Waals surface area contributed by atoms with Crippen LogP contribution in [0.1, 0.15) is 54.8 Å². The van der Waals surface area contributed by atoms with Crippen LogP contribution >= 0.6 is 0 Å². The Morgan fingerprint density at radius 2 is 2.05 bits per heavy atom. The number of fused-ring (bicyclic) bond motifs is 1. The van der Waals surface area contributed by atoms with Gasteiger partial charge in [-0.1, -0.05) is 6.07 Å². The second-order valence-electron chi connectivity index (χ2n) is 6.50. The summed E-state index contributed by atoms with van der Waals surface area (Å²) >= 11 is 0.